The molecule has 2 heterocycles. The SMILES string of the molecule is OCC1CN(C2CCNCC2)C1. The van der Waals surface area contributed by atoms with E-state index in [0.29, 0.717) is 12.5 Å². The van der Waals surface area contributed by atoms with Crippen molar-refractivity contribution in [2.45, 2.75) is 18.9 Å². The molecular formula is C9H18N2O. The summed E-state index contributed by atoms with van der Waals surface area (Å²) in [6.07, 6.45) is 2.58. The van der Waals surface area contributed by atoms with Crippen molar-refractivity contribution in [1.29, 1.82) is 0 Å². The molecule has 0 saturated carbocycles. The third-order valence-corrected chi connectivity index (χ3v) is 3.07. The first-order valence-electron chi connectivity index (χ1n) is 4.96. The summed E-state index contributed by atoms with van der Waals surface area (Å²) in [6.45, 7) is 4.97. The molecule has 0 aliphatic carbocycles. The lowest BCUT2D eigenvalue weighted by molar-refractivity contribution is 0.00962. The van der Waals surface area contributed by atoms with Gasteiger partial charge in [0.1, 0.15) is 0 Å². The highest BCUT2D eigenvalue weighted by molar-refractivity contribution is 4.87. The van der Waals surface area contributed by atoms with Crippen molar-refractivity contribution in [2.75, 3.05) is 32.8 Å². The van der Waals surface area contributed by atoms with E-state index in [0.717, 1.165) is 19.1 Å². The molecule has 0 bridgehead atoms. The van der Waals surface area contributed by atoms with Crippen molar-refractivity contribution in [2.24, 2.45) is 5.92 Å². The van der Waals surface area contributed by atoms with E-state index in [9.17, 15) is 0 Å². The van der Waals surface area contributed by atoms with Gasteiger partial charge >= 0.3 is 0 Å². The summed E-state index contributed by atoms with van der Waals surface area (Å²) in [5.74, 6) is 0.569. The summed E-state index contributed by atoms with van der Waals surface area (Å²) in [4.78, 5) is 2.52. The monoisotopic (exact) mass is 170 g/mol. The Balaban J connectivity index is 1.72. The van der Waals surface area contributed by atoms with Crippen LogP contribution in [-0.4, -0.2) is 48.8 Å². The number of likely N-dealkylation sites (tertiary alicyclic amines) is 1. The standard InChI is InChI=1S/C9H18N2O/c12-7-8-5-11(6-8)9-1-3-10-4-2-9/h8-10,12H,1-7H2. The van der Waals surface area contributed by atoms with Gasteiger partial charge in [0.2, 0.25) is 0 Å². The Morgan fingerprint density at radius 2 is 1.92 bits per heavy atom. The fourth-order valence-electron chi connectivity index (χ4n) is 2.20. The normalized spacial score (nSPS) is 28.8. The average Bonchev–Trinajstić information content (AvgIpc) is 2.04. The molecule has 2 fully saturated rings. The van der Waals surface area contributed by atoms with Crippen molar-refractivity contribution < 1.29 is 5.11 Å². The molecular weight excluding hydrogens is 152 g/mol. The first kappa shape index (κ1) is 8.48. The molecule has 3 heteroatoms. The molecule has 0 aromatic heterocycles. The predicted molar refractivity (Wildman–Crippen MR) is 48.0 cm³/mol. The second kappa shape index (κ2) is 3.73. The van der Waals surface area contributed by atoms with Gasteiger partial charge in [-0.15, -0.1) is 0 Å². The van der Waals surface area contributed by atoms with E-state index < -0.39 is 0 Å². The molecule has 2 aliphatic heterocycles. The Kier molecular flexibility index (Phi) is 2.63. The Labute approximate surface area is 73.8 Å². The average molecular weight is 170 g/mol. The van der Waals surface area contributed by atoms with E-state index in [1.807, 2.05) is 0 Å². The number of aliphatic hydroxyl groups excluding tert-OH is 1. The van der Waals surface area contributed by atoms with Gasteiger partial charge in [-0.05, 0) is 25.9 Å². The fraction of sp³-hybridized carbons (Fsp3) is 1.00. The molecule has 12 heavy (non-hydrogen) atoms. The molecule has 0 aromatic rings. The van der Waals surface area contributed by atoms with E-state index in [2.05, 4.69) is 10.2 Å². The van der Waals surface area contributed by atoms with Gasteiger partial charge in [-0.2, -0.15) is 0 Å². The Hall–Kier alpha value is -0.120. The maximum Gasteiger partial charge on any atom is 0.0483 e. The van der Waals surface area contributed by atoms with Crippen LogP contribution in [0.3, 0.4) is 0 Å². The molecule has 2 saturated heterocycles. The Morgan fingerprint density at radius 3 is 2.50 bits per heavy atom. The largest absolute Gasteiger partial charge is 0.396 e. The van der Waals surface area contributed by atoms with Crippen molar-refractivity contribution in [3.8, 4) is 0 Å². The van der Waals surface area contributed by atoms with Crippen molar-refractivity contribution in [1.82, 2.24) is 10.2 Å². The van der Waals surface area contributed by atoms with Crippen LogP contribution in [0, 0.1) is 5.92 Å². The summed E-state index contributed by atoms with van der Waals surface area (Å²) in [5, 5.41) is 12.2. The van der Waals surface area contributed by atoms with E-state index in [-0.39, 0.29) is 0 Å². The van der Waals surface area contributed by atoms with Crippen LogP contribution in [0.1, 0.15) is 12.8 Å². The third kappa shape index (κ3) is 1.63. The zero-order chi connectivity index (χ0) is 8.39. The molecule has 2 aliphatic rings. The highest BCUT2D eigenvalue weighted by atomic mass is 16.3. The summed E-state index contributed by atoms with van der Waals surface area (Å²) in [7, 11) is 0. The van der Waals surface area contributed by atoms with Crippen molar-refractivity contribution >= 4 is 0 Å². The van der Waals surface area contributed by atoms with Gasteiger partial charge in [0.15, 0.2) is 0 Å². The van der Waals surface area contributed by atoms with Crippen LogP contribution >= 0.6 is 0 Å². The van der Waals surface area contributed by atoms with Crippen LogP contribution in [0.4, 0.5) is 0 Å². The van der Waals surface area contributed by atoms with E-state index >= 15 is 0 Å². The number of piperidine rings is 1. The molecule has 0 amide bonds. The van der Waals surface area contributed by atoms with Gasteiger partial charge in [-0.1, -0.05) is 0 Å². The lowest BCUT2D eigenvalue weighted by atomic mass is 9.94. The summed E-state index contributed by atoms with van der Waals surface area (Å²) < 4.78 is 0. The first-order valence-corrected chi connectivity index (χ1v) is 4.96. The van der Waals surface area contributed by atoms with Crippen LogP contribution in [0.25, 0.3) is 0 Å². The van der Waals surface area contributed by atoms with Crippen LogP contribution in [0.2, 0.25) is 0 Å². The van der Waals surface area contributed by atoms with Gasteiger partial charge < -0.3 is 10.4 Å². The zero-order valence-corrected chi connectivity index (χ0v) is 7.50. The maximum absolute atomic E-state index is 8.86. The Morgan fingerprint density at radius 1 is 1.25 bits per heavy atom. The number of aliphatic hydroxyl groups is 1. The molecule has 0 aromatic carbocycles. The minimum absolute atomic E-state index is 0.376. The van der Waals surface area contributed by atoms with Gasteiger partial charge in [0.25, 0.3) is 0 Å². The smallest absolute Gasteiger partial charge is 0.0483 e. The molecule has 0 spiro atoms. The van der Waals surface area contributed by atoms with Gasteiger partial charge in [-0.3, -0.25) is 4.90 Å². The second-order valence-corrected chi connectivity index (χ2v) is 3.98. The van der Waals surface area contributed by atoms with E-state index in [1.165, 1.54) is 25.9 Å². The maximum atomic E-state index is 8.86. The molecule has 3 nitrogen and oxygen atoms in total. The van der Waals surface area contributed by atoms with E-state index in [1.54, 1.807) is 0 Å². The zero-order valence-electron chi connectivity index (χ0n) is 7.50. The van der Waals surface area contributed by atoms with E-state index in [4.69, 9.17) is 5.11 Å². The lowest BCUT2D eigenvalue weighted by Crippen LogP contribution is -2.55. The fourth-order valence-corrected chi connectivity index (χ4v) is 2.20. The number of hydrogen-bond acceptors (Lipinski definition) is 3. The van der Waals surface area contributed by atoms with Gasteiger partial charge in [-0.25, -0.2) is 0 Å². The minimum atomic E-state index is 0.376. The predicted octanol–water partition coefficient (Wildman–Crippen LogP) is -0.337. The first-order chi connectivity index (χ1) is 5.90. The summed E-state index contributed by atoms with van der Waals surface area (Å²) in [5.41, 5.74) is 0. The third-order valence-electron chi connectivity index (χ3n) is 3.07. The quantitative estimate of drug-likeness (QED) is 0.595. The number of nitrogens with one attached hydrogen (secondary N) is 1. The summed E-state index contributed by atoms with van der Waals surface area (Å²) >= 11 is 0. The van der Waals surface area contributed by atoms with Crippen LogP contribution in [0.5, 0.6) is 0 Å². The van der Waals surface area contributed by atoms with Crippen LogP contribution < -0.4 is 5.32 Å². The summed E-state index contributed by atoms with van der Waals surface area (Å²) in [6, 6.07) is 0.800. The van der Waals surface area contributed by atoms with Gasteiger partial charge in [0.05, 0.1) is 0 Å². The Bertz CT molecular complexity index is 139. The van der Waals surface area contributed by atoms with Gasteiger partial charge in [0, 0.05) is 31.7 Å². The highest BCUT2D eigenvalue weighted by Crippen LogP contribution is 2.22. The number of nitrogens with zero attached hydrogens (tertiary/aromatic N) is 1. The number of hydrogen-bond donors (Lipinski definition) is 2. The van der Waals surface area contributed by atoms with Crippen LogP contribution in [-0.2, 0) is 0 Å². The lowest BCUT2D eigenvalue weighted by Gasteiger charge is -2.45. The van der Waals surface area contributed by atoms with Crippen molar-refractivity contribution in [3.63, 3.8) is 0 Å². The molecule has 70 valence electrons. The molecule has 2 rings (SSSR count). The second-order valence-electron chi connectivity index (χ2n) is 3.98. The minimum Gasteiger partial charge on any atom is -0.396 e. The molecule has 0 unspecified atom stereocenters. The van der Waals surface area contributed by atoms with Crippen LogP contribution in [0.15, 0.2) is 0 Å². The number of rotatable bonds is 2. The molecule has 0 atom stereocenters. The van der Waals surface area contributed by atoms with Crippen molar-refractivity contribution in [3.05, 3.63) is 0 Å². The molecule has 0 radical (unpaired) electrons. The molecule has 2 N–H and O–H groups in total. The highest BCUT2D eigenvalue weighted by Gasteiger charge is 2.31. The topological polar surface area (TPSA) is 35.5 Å².